The lowest BCUT2D eigenvalue weighted by molar-refractivity contribution is -0.136. The molecule has 2 fully saturated rings. The minimum atomic E-state index is -0.386. The van der Waals surface area contributed by atoms with Crippen molar-refractivity contribution in [3.63, 3.8) is 0 Å². The quantitative estimate of drug-likeness (QED) is 0.731. The van der Waals surface area contributed by atoms with Crippen LogP contribution in [0.25, 0.3) is 0 Å². The second-order valence-electron chi connectivity index (χ2n) is 6.78. The van der Waals surface area contributed by atoms with Crippen molar-refractivity contribution in [1.82, 2.24) is 14.7 Å². The number of piperazine rings is 1. The van der Waals surface area contributed by atoms with E-state index in [2.05, 4.69) is 4.90 Å². The van der Waals surface area contributed by atoms with Crippen LogP contribution in [-0.4, -0.2) is 90.4 Å². The summed E-state index contributed by atoms with van der Waals surface area (Å²) in [4.78, 5) is 30.8. The summed E-state index contributed by atoms with van der Waals surface area (Å²) in [5.74, 6) is 1.22. The molecule has 2 aliphatic rings. The van der Waals surface area contributed by atoms with Gasteiger partial charge in [-0.15, -0.1) is 12.4 Å². The maximum Gasteiger partial charge on any atom is 0.239 e. The van der Waals surface area contributed by atoms with Crippen LogP contribution in [0.4, 0.5) is 0 Å². The number of hydrogen-bond acceptors (Lipinski definition) is 5. The Morgan fingerprint density at radius 3 is 2.12 bits per heavy atom. The van der Waals surface area contributed by atoms with E-state index < -0.39 is 0 Å². The maximum atomic E-state index is 12.4. The zero-order valence-electron chi connectivity index (χ0n) is 15.3. The van der Waals surface area contributed by atoms with Gasteiger partial charge in [0.05, 0.1) is 12.6 Å². The average molecular weight is 393 g/mol. The largest absolute Gasteiger partial charge is 0.342 e. The Hall–Kier alpha value is -0.500. The molecule has 0 aliphatic carbocycles. The van der Waals surface area contributed by atoms with Crippen LogP contribution in [-0.2, 0) is 9.59 Å². The lowest BCUT2D eigenvalue weighted by atomic mass is 10.2. The molecular formula is C17H33ClN4O2S. The second-order valence-corrected chi connectivity index (χ2v) is 7.77. The summed E-state index contributed by atoms with van der Waals surface area (Å²) in [6.07, 6.45) is 7.48. The maximum absolute atomic E-state index is 12.4. The van der Waals surface area contributed by atoms with E-state index in [1.165, 1.54) is 12.8 Å². The predicted molar refractivity (Wildman–Crippen MR) is 106 cm³/mol. The number of thioether (sulfide) groups is 1. The van der Waals surface area contributed by atoms with Gasteiger partial charge in [-0.3, -0.25) is 14.5 Å². The van der Waals surface area contributed by atoms with Gasteiger partial charge in [0.1, 0.15) is 0 Å². The third-order valence-electron chi connectivity index (χ3n) is 4.95. The first-order chi connectivity index (χ1) is 11.6. The minimum absolute atomic E-state index is 0. The SMILES string of the molecule is CSCCC(N)C(=O)N1CCN(CC(=O)N2CCCCCC2)CC1.Cl. The summed E-state index contributed by atoms with van der Waals surface area (Å²) in [6, 6.07) is -0.386. The molecule has 2 heterocycles. The van der Waals surface area contributed by atoms with Crippen molar-refractivity contribution < 1.29 is 9.59 Å². The number of hydrogen-bond donors (Lipinski definition) is 1. The van der Waals surface area contributed by atoms with Crippen LogP contribution < -0.4 is 5.73 Å². The summed E-state index contributed by atoms with van der Waals surface area (Å²) in [5, 5.41) is 0. The van der Waals surface area contributed by atoms with Crippen molar-refractivity contribution >= 4 is 36.0 Å². The van der Waals surface area contributed by atoms with Crippen LogP contribution in [0, 0.1) is 0 Å². The Bertz CT molecular complexity index is 411. The van der Waals surface area contributed by atoms with E-state index in [9.17, 15) is 9.59 Å². The molecule has 8 heteroatoms. The number of nitrogens with zero attached hydrogens (tertiary/aromatic N) is 3. The Morgan fingerprint density at radius 2 is 1.56 bits per heavy atom. The lowest BCUT2D eigenvalue weighted by Gasteiger charge is -2.36. The lowest BCUT2D eigenvalue weighted by Crippen LogP contribution is -2.54. The van der Waals surface area contributed by atoms with E-state index >= 15 is 0 Å². The van der Waals surface area contributed by atoms with Crippen molar-refractivity contribution in [2.75, 3.05) is 57.8 Å². The fraction of sp³-hybridized carbons (Fsp3) is 0.882. The fourth-order valence-corrected chi connectivity index (χ4v) is 3.83. The zero-order chi connectivity index (χ0) is 17.4. The molecule has 0 aromatic heterocycles. The van der Waals surface area contributed by atoms with Gasteiger partial charge in [-0.05, 0) is 31.3 Å². The molecule has 0 saturated carbocycles. The summed E-state index contributed by atoms with van der Waals surface area (Å²) in [6.45, 7) is 5.18. The molecular weight excluding hydrogens is 360 g/mol. The van der Waals surface area contributed by atoms with Crippen LogP contribution >= 0.6 is 24.2 Å². The number of carbonyl (C=O) groups is 2. The van der Waals surface area contributed by atoms with Gasteiger partial charge in [-0.25, -0.2) is 0 Å². The number of amides is 2. The molecule has 2 saturated heterocycles. The van der Waals surface area contributed by atoms with E-state index in [4.69, 9.17) is 5.73 Å². The Labute approximate surface area is 162 Å². The van der Waals surface area contributed by atoms with Crippen LogP contribution in [0.5, 0.6) is 0 Å². The molecule has 0 aromatic carbocycles. The zero-order valence-corrected chi connectivity index (χ0v) is 17.0. The molecule has 0 spiro atoms. The van der Waals surface area contributed by atoms with Gasteiger partial charge < -0.3 is 15.5 Å². The normalized spacial score (nSPS) is 20.6. The smallest absolute Gasteiger partial charge is 0.239 e. The first-order valence-corrected chi connectivity index (χ1v) is 10.5. The third-order valence-corrected chi connectivity index (χ3v) is 5.60. The number of halogens is 1. The Kier molecular flexibility index (Phi) is 10.8. The van der Waals surface area contributed by atoms with Gasteiger partial charge in [0.15, 0.2) is 0 Å². The molecule has 0 aromatic rings. The van der Waals surface area contributed by atoms with Crippen molar-refractivity contribution in [2.24, 2.45) is 5.73 Å². The average Bonchev–Trinajstić information content (AvgIpc) is 2.89. The number of carbonyl (C=O) groups excluding carboxylic acids is 2. The summed E-state index contributed by atoms with van der Waals surface area (Å²) in [5.41, 5.74) is 5.98. The van der Waals surface area contributed by atoms with Gasteiger partial charge in [-0.2, -0.15) is 11.8 Å². The second kappa shape index (κ2) is 12.0. The standard InChI is InChI=1S/C17H32N4O2S.ClH/c1-24-13-6-15(18)17(23)21-11-9-19(10-12-21)14-16(22)20-7-4-2-3-5-8-20;/h15H,2-14,18H2,1H3;1H. The Morgan fingerprint density at radius 1 is 0.960 bits per heavy atom. The molecule has 2 amide bonds. The predicted octanol–water partition coefficient (Wildman–Crippen LogP) is 1.04. The van der Waals surface area contributed by atoms with Crippen molar-refractivity contribution in [2.45, 2.75) is 38.1 Å². The van der Waals surface area contributed by atoms with E-state index in [0.29, 0.717) is 19.6 Å². The summed E-state index contributed by atoms with van der Waals surface area (Å²) >= 11 is 1.72. The monoisotopic (exact) mass is 392 g/mol. The van der Waals surface area contributed by atoms with Gasteiger partial charge in [0.2, 0.25) is 11.8 Å². The van der Waals surface area contributed by atoms with Crippen LogP contribution in [0.2, 0.25) is 0 Å². The van der Waals surface area contributed by atoms with Gasteiger partial charge >= 0.3 is 0 Å². The molecule has 25 heavy (non-hydrogen) atoms. The highest BCUT2D eigenvalue weighted by Gasteiger charge is 2.26. The van der Waals surface area contributed by atoms with Gasteiger partial charge in [0, 0.05) is 39.3 Å². The molecule has 2 aliphatic heterocycles. The number of likely N-dealkylation sites (tertiary alicyclic amines) is 1. The van der Waals surface area contributed by atoms with E-state index in [1.807, 2.05) is 16.1 Å². The van der Waals surface area contributed by atoms with E-state index in [0.717, 1.165) is 51.2 Å². The highest BCUT2D eigenvalue weighted by Crippen LogP contribution is 2.11. The molecule has 0 radical (unpaired) electrons. The summed E-state index contributed by atoms with van der Waals surface area (Å²) < 4.78 is 0. The van der Waals surface area contributed by atoms with Gasteiger partial charge in [-0.1, -0.05) is 12.8 Å². The number of nitrogens with two attached hydrogens (primary N) is 1. The fourth-order valence-electron chi connectivity index (χ4n) is 3.34. The molecule has 2 rings (SSSR count). The highest BCUT2D eigenvalue weighted by molar-refractivity contribution is 7.98. The first-order valence-electron chi connectivity index (χ1n) is 9.15. The van der Waals surface area contributed by atoms with E-state index in [1.54, 1.807) is 11.8 Å². The molecule has 146 valence electrons. The Balaban J connectivity index is 0.00000312. The van der Waals surface area contributed by atoms with Crippen LogP contribution in [0.15, 0.2) is 0 Å². The van der Waals surface area contributed by atoms with Crippen molar-refractivity contribution in [3.05, 3.63) is 0 Å². The molecule has 1 atom stereocenters. The minimum Gasteiger partial charge on any atom is -0.342 e. The third kappa shape index (κ3) is 7.33. The first kappa shape index (κ1) is 22.5. The van der Waals surface area contributed by atoms with Crippen LogP contribution in [0.3, 0.4) is 0 Å². The van der Waals surface area contributed by atoms with Gasteiger partial charge in [0.25, 0.3) is 0 Å². The number of rotatable bonds is 6. The van der Waals surface area contributed by atoms with E-state index in [-0.39, 0.29) is 30.3 Å². The van der Waals surface area contributed by atoms with Crippen molar-refractivity contribution in [3.8, 4) is 0 Å². The highest BCUT2D eigenvalue weighted by atomic mass is 35.5. The topological polar surface area (TPSA) is 69.9 Å². The summed E-state index contributed by atoms with van der Waals surface area (Å²) in [7, 11) is 0. The molecule has 2 N–H and O–H groups in total. The molecule has 6 nitrogen and oxygen atoms in total. The molecule has 1 unspecified atom stereocenters. The van der Waals surface area contributed by atoms with Crippen molar-refractivity contribution in [1.29, 1.82) is 0 Å². The van der Waals surface area contributed by atoms with Crippen LogP contribution in [0.1, 0.15) is 32.1 Å². The molecule has 0 bridgehead atoms.